The first-order valence-electron chi connectivity index (χ1n) is 6.59. The Morgan fingerprint density at radius 3 is 2.70 bits per heavy atom. The SMILES string of the molecule is Cn1cnnc1CNC(=O)[C@H]1C2C=CC(C2)[C@H]1C(=O)O. The molecule has 20 heavy (non-hydrogen) atoms. The van der Waals surface area contributed by atoms with Crippen LogP contribution >= 0.6 is 0 Å². The van der Waals surface area contributed by atoms with Crippen molar-refractivity contribution < 1.29 is 14.7 Å². The standard InChI is InChI=1S/C13H16N4O3/c1-17-6-15-16-9(17)5-14-12(18)10-7-2-3-8(4-7)11(10)13(19)20/h2-3,6-8,10-11H,4-5H2,1H3,(H,14,18)(H,19,20)/t7?,8?,10-,11+/m0/s1. The molecule has 1 aromatic rings. The van der Waals surface area contributed by atoms with Gasteiger partial charge in [-0.25, -0.2) is 0 Å². The fourth-order valence-corrected chi connectivity index (χ4v) is 3.27. The predicted molar refractivity (Wildman–Crippen MR) is 68.2 cm³/mol. The molecule has 2 unspecified atom stereocenters. The highest BCUT2D eigenvalue weighted by atomic mass is 16.4. The Labute approximate surface area is 115 Å². The van der Waals surface area contributed by atoms with Gasteiger partial charge in [-0.15, -0.1) is 10.2 Å². The number of aryl methyl sites for hydroxylation is 1. The van der Waals surface area contributed by atoms with Crippen LogP contribution in [0.3, 0.4) is 0 Å². The van der Waals surface area contributed by atoms with Crippen molar-refractivity contribution in [2.75, 3.05) is 0 Å². The first-order valence-corrected chi connectivity index (χ1v) is 6.59. The van der Waals surface area contributed by atoms with Gasteiger partial charge in [0.1, 0.15) is 6.33 Å². The van der Waals surface area contributed by atoms with Crippen molar-refractivity contribution in [1.29, 1.82) is 0 Å². The zero-order valence-electron chi connectivity index (χ0n) is 11.1. The van der Waals surface area contributed by atoms with Gasteiger partial charge in [0, 0.05) is 7.05 Å². The van der Waals surface area contributed by atoms with E-state index in [9.17, 15) is 14.7 Å². The molecule has 0 saturated heterocycles. The van der Waals surface area contributed by atoms with Crippen LogP contribution in [0.25, 0.3) is 0 Å². The van der Waals surface area contributed by atoms with Gasteiger partial charge < -0.3 is 15.0 Å². The first kappa shape index (κ1) is 12.8. The highest BCUT2D eigenvalue weighted by Gasteiger charge is 2.51. The van der Waals surface area contributed by atoms with E-state index in [0.29, 0.717) is 5.82 Å². The quantitative estimate of drug-likeness (QED) is 0.752. The molecular weight excluding hydrogens is 260 g/mol. The van der Waals surface area contributed by atoms with Crippen molar-refractivity contribution in [1.82, 2.24) is 20.1 Å². The number of nitrogens with zero attached hydrogens (tertiary/aromatic N) is 3. The van der Waals surface area contributed by atoms with E-state index >= 15 is 0 Å². The summed E-state index contributed by atoms with van der Waals surface area (Å²) in [5, 5.41) is 19.7. The molecular formula is C13H16N4O3. The van der Waals surface area contributed by atoms with Crippen LogP contribution in [0.1, 0.15) is 12.2 Å². The lowest BCUT2D eigenvalue weighted by Crippen LogP contribution is -2.40. The van der Waals surface area contributed by atoms with E-state index in [0.717, 1.165) is 6.42 Å². The zero-order chi connectivity index (χ0) is 14.3. The molecule has 2 aliphatic carbocycles. The van der Waals surface area contributed by atoms with E-state index in [1.807, 2.05) is 12.2 Å². The lowest BCUT2D eigenvalue weighted by atomic mass is 9.82. The van der Waals surface area contributed by atoms with Crippen molar-refractivity contribution in [3.8, 4) is 0 Å². The predicted octanol–water partition coefficient (Wildman–Crippen LogP) is -0.0458. The van der Waals surface area contributed by atoms with E-state index in [4.69, 9.17) is 0 Å². The van der Waals surface area contributed by atoms with Gasteiger partial charge in [0.2, 0.25) is 5.91 Å². The van der Waals surface area contributed by atoms with Gasteiger partial charge in [-0.1, -0.05) is 12.2 Å². The normalized spacial score (nSPS) is 30.6. The molecule has 0 spiro atoms. The number of carbonyl (C=O) groups excluding carboxylic acids is 1. The van der Waals surface area contributed by atoms with E-state index in [1.165, 1.54) is 0 Å². The lowest BCUT2D eigenvalue weighted by Gasteiger charge is -2.23. The molecule has 106 valence electrons. The number of aliphatic carboxylic acids is 1. The van der Waals surface area contributed by atoms with E-state index in [2.05, 4.69) is 15.5 Å². The fourth-order valence-electron chi connectivity index (χ4n) is 3.27. The van der Waals surface area contributed by atoms with Gasteiger partial charge in [0.25, 0.3) is 0 Å². The second-order valence-corrected chi connectivity index (χ2v) is 5.41. The number of fused-ring (bicyclic) bond motifs is 2. The number of hydrogen-bond donors (Lipinski definition) is 2. The van der Waals surface area contributed by atoms with Crippen LogP contribution in [0.15, 0.2) is 18.5 Å². The van der Waals surface area contributed by atoms with Gasteiger partial charge >= 0.3 is 5.97 Å². The minimum absolute atomic E-state index is 0.0110. The first-order chi connectivity index (χ1) is 9.58. The molecule has 2 bridgehead atoms. The summed E-state index contributed by atoms with van der Waals surface area (Å²) in [6, 6.07) is 0. The number of aromatic nitrogens is 3. The summed E-state index contributed by atoms with van der Waals surface area (Å²) in [6.45, 7) is 0.263. The van der Waals surface area contributed by atoms with Gasteiger partial charge in [0.15, 0.2) is 5.82 Å². The number of amides is 1. The minimum atomic E-state index is -0.888. The summed E-state index contributed by atoms with van der Waals surface area (Å²) in [7, 11) is 1.79. The molecule has 1 fully saturated rings. The van der Waals surface area contributed by atoms with Crippen molar-refractivity contribution in [3.63, 3.8) is 0 Å². The highest BCUT2D eigenvalue weighted by Crippen LogP contribution is 2.48. The summed E-state index contributed by atoms with van der Waals surface area (Å²) in [5.41, 5.74) is 0. The van der Waals surface area contributed by atoms with Crippen LogP contribution in [0.2, 0.25) is 0 Å². The third kappa shape index (κ3) is 1.99. The Kier molecular flexibility index (Phi) is 3.04. The van der Waals surface area contributed by atoms with Gasteiger partial charge in [0.05, 0.1) is 18.4 Å². The summed E-state index contributed by atoms with van der Waals surface area (Å²) < 4.78 is 1.72. The molecule has 7 nitrogen and oxygen atoms in total. The van der Waals surface area contributed by atoms with Crippen molar-refractivity contribution in [2.45, 2.75) is 13.0 Å². The number of carboxylic acid groups (broad SMARTS) is 1. The highest BCUT2D eigenvalue weighted by molar-refractivity contribution is 5.86. The topological polar surface area (TPSA) is 97.1 Å². The molecule has 1 heterocycles. The van der Waals surface area contributed by atoms with E-state index in [-0.39, 0.29) is 24.3 Å². The molecule has 0 radical (unpaired) electrons. The average Bonchev–Trinajstić information content (AvgIpc) is 3.10. The van der Waals surface area contributed by atoms with Crippen molar-refractivity contribution in [2.24, 2.45) is 30.7 Å². The summed E-state index contributed by atoms with van der Waals surface area (Å²) in [6.07, 6.45) is 6.22. The number of rotatable bonds is 4. The maximum Gasteiger partial charge on any atom is 0.307 e. The Bertz CT molecular complexity index is 580. The van der Waals surface area contributed by atoms with Crippen LogP contribution in [0.4, 0.5) is 0 Å². The number of hydrogen-bond acceptors (Lipinski definition) is 4. The molecule has 0 aromatic carbocycles. The van der Waals surface area contributed by atoms with Gasteiger partial charge in [-0.05, 0) is 18.3 Å². The summed E-state index contributed by atoms with van der Waals surface area (Å²) >= 11 is 0. The van der Waals surface area contributed by atoms with Crippen LogP contribution in [-0.2, 0) is 23.2 Å². The number of carboxylic acids is 1. The maximum atomic E-state index is 12.3. The Morgan fingerprint density at radius 1 is 1.40 bits per heavy atom. The smallest absolute Gasteiger partial charge is 0.307 e. The largest absolute Gasteiger partial charge is 0.481 e. The van der Waals surface area contributed by atoms with Crippen molar-refractivity contribution >= 4 is 11.9 Å². The molecule has 1 aromatic heterocycles. The third-order valence-corrected chi connectivity index (χ3v) is 4.27. The van der Waals surface area contributed by atoms with Crippen molar-refractivity contribution in [3.05, 3.63) is 24.3 Å². The summed E-state index contributed by atoms with van der Waals surface area (Å²) in [4.78, 5) is 23.6. The van der Waals surface area contributed by atoms with Crippen LogP contribution in [0, 0.1) is 23.7 Å². The molecule has 4 atom stereocenters. The molecule has 7 heteroatoms. The Hall–Kier alpha value is -2.18. The van der Waals surface area contributed by atoms with E-state index < -0.39 is 17.8 Å². The van der Waals surface area contributed by atoms with Crippen LogP contribution in [-0.4, -0.2) is 31.7 Å². The molecule has 1 saturated carbocycles. The molecule has 0 aliphatic heterocycles. The number of nitrogens with one attached hydrogen (secondary N) is 1. The lowest BCUT2D eigenvalue weighted by molar-refractivity contribution is -0.147. The average molecular weight is 276 g/mol. The molecule has 1 amide bonds. The molecule has 3 rings (SSSR count). The second-order valence-electron chi connectivity index (χ2n) is 5.41. The monoisotopic (exact) mass is 276 g/mol. The molecule has 2 N–H and O–H groups in total. The third-order valence-electron chi connectivity index (χ3n) is 4.27. The number of allylic oxidation sites excluding steroid dienone is 2. The van der Waals surface area contributed by atoms with Crippen LogP contribution in [0.5, 0.6) is 0 Å². The Morgan fingerprint density at radius 2 is 2.10 bits per heavy atom. The second kappa shape index (κ2) is 4.73. The van der Waals surface area contributed by atoms with Gasteiger partial charge in [-0.2, -0.15) is 0 Å². The molecule has 2 aliphatic rings. The zero-order valence-corrected chi connectivity index (χ0v) is 11.1. The fraction of sp³-hybridized carbons (Fsp3) is 0.538. The number of carbonyl (C=O) groups is 2. The van der Waals surface area contributed by atoms with Crippen LogP contribution < -0.4 is 5.32 Å². The summed E-state index contributed by atoms with van der Waals surface area (Å²) in [5.74, 6) is -1.51. The minimum Gasteiger partial charge on any atom is -0.481 e. The Balaban J connectivity index is 1.69. The van der Waals surface area contributed by atoms with Gasteiger partial charge in [-0.3, -0.25) is 9.59 Å². The van der Waals surface area contributed by atoms with E-state index in [1.54, 1.807) is 17.9 Å². The maximum absolute atomic E-state index is 12.3.